The van der Waals surface area contributed by atoms with E-state index >= 15 is 0 Å². The predicted octanol–water partition coefficient (Wildman–Crippen LogP) is 8.77. The smallest absolute Gasteiger partial charge is 0.311 e. The summed E-state index contributed by atoms with van der Waals surface area (Å²) in [4.78, 5) is 23.9. The highest BCUT2D eigenvalue weighted by molar-refractivity contribution is 5.73. The first kappa shape index (κ1) is 34.4. The zero-order valence-corrected chi connectivity index (χ0v) is 26.3. The topological polar surface area (TPSA) is 91.3 Å². The van der Waals surface area contributed by atoms with Crippen LogP contribution in [0.5, 0.6) is 23.0 Å². The van der Waals surface area contributed by atoms with E-state index in [-0.39, 0.29) is 12.6 Å². The molecule has 0 aliphatic carbocycles. The van der Waals surface area contributed by atoms with Gasteiger partial charge in [0.2, 0.25) is 0 Å². The van der Waals surface area contributed by atoms with Crippen molar-refractivity contribution in [2.75, 3.05) is 7.11 Å². The van der Waals surface area contributed by atoms with Crippen LogP contribution < -0.4 is 18.9 Å². The van der Waals surface area contributed by atoms with Crippen LogP contribution in [-0.4, -0.2) is 24.2 Å². The quantitative estimate of drug-likeness (QED) is 0.0833. The Hall–Kier alpha value is -4.10. The van der Waals surface area contributed by atoms with Gasteiger partial charge in [-0.3, -0.25) is 9.59 Å². The summed E-state index contributed by atoms with van der Waals surface area (Å²) in [6.07, 6.45) is 13.4. The third kappa shape index (κ3) is 12.3. The van der Waals surface area contributed by atoms with E-state index < -0.39 is 12.1 Å². The first-order valence-electron chi connectivity index (χ1n) is 15.6. The average molecular weight is 603 g/mol. The van der Waals surface area contributed by atoms with Gasteiger partial charge in [-0.15, -0.1) is 0 Å². The summed E-state index contributed by atoms with van der Waals surface area (Å²) in [5.41, 5.74) is 2.17. The summed E-state index contributed by atoms with van der Waals surface area (Å²) < 4.78 is 22.3. The zero-order chi connectivity index (χ0) is 31.6. The number of esters is 2. The van der Waals surface area contributed by atoms with Gasteiger partial charge in [0.1, 0.15) is 35.7 Å². The lowest BCUT2D eigenvalue weighted by atomic mass is 10.1. The van der Waals surface area contributed by atoms with Crippen molar-refractivity contribution in [3.8, 4) is 23.0 Å². The molecule has 44 heavy (non-hydrogen) atoms. The molecule has 0 aliphatic heterocycles. The molecule has 0 bridgehead atoms. The van der Waals surface area contributed by atoms with Crippen molar-refractivity contribution in [3.63, 3.8) is 0 Å². The number of hydrogen-bond donors (Lipinski definition) is 1. The lowest BCUT2D eigenvalue weighted by Gasteiger charge is -2.16. The molecule has 3 aromatic carbocycles. The molecular weight excluding hydrogens is 556 g/mol. The van der Waals surface area contributed by atoms with E-state index in [4.69, 9.17) is 18.9 Å². The number of aliphatic hydroxyl groups excluding tert-OH is 1. The Morgan fingerprint density at radius 2 is 1.43 bits per heavy atom. The standard InChI is InChI=1S/C37H46O7/c1-4-5-6-7-8-9-10-11-15-18-37(40)44-32-21-19-30(35(25-32)41-3)20-24-34(39)33-23-22-31(43-28(2)38)26-36(33)42-27-29-16-13-12-14-17-29/h12-14,16-17,19-26,34,39H,4-11,15,18,27H2,1-3H3. The Morgan fingerprint density at radius 3 is 2.11 bits per heavy atom. The van der Waals surface area contributed by atoms with Crippen molar-refractivity contribution >= 4 is 18.0 Å². The normalized spacial score (nSPS) is 11.7. The van der Waals surface area contributed by atoms with E-state index in [2.05, 4.69) is 6.92 Å². The summed E-state index contributed by atoms with van der Waals surface area (Å²) in [6, 6.07) is 19.7. The van der Waals surface area contributed by atoms with Gasteiger partial charge in [0.05, 0.1) is 7.11 Å². The number of rotatable bonds is 19. The molecule has 0 amide bonds. The first-order chi connectivity index (χ1) is 21.4. The van der Waals surface area contributed by atoms with Crippen LogP contribution in [0.1, 0.15) is 101 Å². The highest BCUT2D eigenvalue weighted by atomic mass is 16.5. The van der Waals surface area contributed by atoms with Crippen LogP contribution >= 0.6 is 0 Å². The van der Waals surface area contributed by atoms with E-state index in [0.29, 0.717) is 40.5 Å². The van der Waals surface area contributed by atoms with Crippen LogP contribution in [0.3, 0.4) is 0 Å². The first-order valence-corrected chi connectivity index (χ1v) is 15.6. The highest BCUT2D eigenvalue weighted by Gasteiger charge is 2.15. The third-order valence-corrected chi connectivity index (χ3v) is 7.18. The number of ether oxygens (including phenoxy) is 4. The predicted molar refractivity (Wildman–Crippen MR) is 173 cm³/mol. The number of aliphatic hydroxyl groups is 1. The van der Waals surface area contributed by atoms with Crippen molar-refractivity contribution in [2.24, 2.45) is 0 Å². The molecule has 1 N–H and O–H groups in total. The van der Waals surface area contributed by atoms with Gasteiger partial charge in [0, 0.05) is 36.6 Å². The van der Waals surface area contributed by atoms with Gasteiger partial charge < -0.3 is 24.1 Å². The molecule has 0 fully saturated rings. The maximum atomic E-state index is 12.4. The molecule has 3 rings (SSSR count). The van der Waals surface area contributed by atoms with E-state index in [1.807, 2.05) is 30.3 Å². The van der Waals surface area contributed by atoms with Crippen LogP contribution in [0.25, 0.3) is 6.08 Å². The van der Waals surface area contributed by atoms with E-state index in [9.17, 15) is 14.7 Å². The molecule has 3 aromatic rings. The molecule has 1 atom stereocenters. The van der Waals surface area contributed by atoms with E-state index in [0.717, 1.165) is 24.8 Å². The highest BCUT2D eigenvalue weighted by Crippen LogP contribution is 2.33. The number of methoxy groups -OCH3 is 1. The van der Waals surface area contributed by atoms with Crippen LogP contribution in [0.4, 0.5) is 0 Å². The summed E-state index contributed by atoms with van der Waals surface area (Å²) in [5.74, 6) is 0.938. The summed E-state index contributed by atoms with van der Waals surface area (Å²) in [6.45, 7) is 3.83. The summed E-state index contributed by atoms with van der Waals surface area (Å²) in [7, 11) is 1.54. The Balaban J connectivity index is 1.58. The minimum atomic E-state index is -1.02. The Labute approximate surface area is 261 Å². The number of benzene rings is 3. The van der Waals surface area contributed by atoms with Gasteiger partial charge in [-0.1, -0.05) is 101 Å². The molecule has 1 unspecified atom stereocenters. The fourth-order valence-electron chi connectivity index (χ4n) is 4.80. The van der Waals surface area contributed by atoms with Gasteiger partial charge in [-0.2, -0.15) is 0 Å². The lowest BCUT2D eigenvalue weighted by Crippen LogP contribution is -2.07. The van der Waals surface area contributed by atoms with Crippen LogP contribution in [0.2, 0.25) is 0 Å². The molecule has 0 heterocycles. The van der Waals surface area contributed by atoms with Crippen molar-refractivity contribution in [1.82, 2.24) is 0 Å². The van der Waals surface area contributed by atoms with Gasteiger partial charge in [-0.05, 0) is 36.2 Å². The molecule has 236 valence electrons. The second-order valence-corrected chi connectivity index (χ2v) is 10.8. The van der Waals surface area contributed by atoms with Gasteiger partial charge in [-0.25, -0.2) is 0 Å². The maximum Gasteiger partial charge on any atom is 0.311 e. The minimum Gasteiger partial charge on any atom is -0.496 e. The largest absolute Gasteiger partial charge is 0.496 e. The number of carbonyl (C=O) groups is 2. The lowest BCUT2D eigenvalue weighted by molar-refractivity contribution is -0.134. The summed E-state index contributed by atoms with van der Waals surface area (Å²) in [5, 5.41) is 11.1. The Morgan fingerprint density at radius 1 is 0.795 bits per heavy atom. The molecule has 0 spiro atoms. The fraction of sp³-hybridized carbons (Fsp3) is 0.405. The van der Waals surface area contributed by atoms with Gasteiger partial charge in [0.25, 0.3) is 0 Å². The van der Waals surface area contributed by atoms with E-state index in [1.54, 1.807) is 55.7 Å². The van der Waals surface area contributed by atoms with Crippen LogP contribution in [-0.2, 0) is 16.2 Å². The van der Waals surface area contributed by atoms with Crippen molar-refractivity contribution in [2.45, 2.75) is 90.8 Å². The number of unbranched alkanes of at least 4 members (excludes halogenated alkanes) is 8. The maximum absolute atomic E-state index is 12.4. The van der Waals surface area contributed by atoms with Crippen molar-refractivity contribution in [3.05, 3.63) is 89.5 Å². The average Bonchev–Trinajstić information content (AvgIpc) is 3.02. The van der Waals surface area contributed by atoms with Crippen molar-refractivity contribution in [1.29, 1.82) is 0 Å². The summed E-state index contributed by atoms with van der Waals surface area (Å²) >= 11 is 0. The zero-order valence-electron chi connectivity index (χ0n) is 26.3. The molecule has 0 saturated carbocycles. The Bertz CT molecular complexity index is 1330. The Kier molecular flexibility index (Phi) is 15.0. The van der Waals surface area contributed by atoms with Gasteiger partial charge >= 0.3 is 11.9 Å². The second kappa shape index (κ2) is 19.2. The van der Waals surface area contributed by atoms with Crippen LogP contribution in [0, 0.1) is 0 Å². The number of carbonyl (C=O) groups excluding carboxylic acids is 2. The van der Waals surface area contributed by atoms with Gasteiger partial charge in [0.15, 0.2) is 0 Å². The molecule has 0 aliphatic rings. The molecule has 0 aromatic heterocycles. The van der Waals surface area contributed by atoms with E-state index in [1.165, 1.54) is 45.4 Å². The molecule has 0 radical (unpaired) electrons. The minimum absolute atomic E-state index is 0.256. The molecular formula is C37H46O7. The fourth-order valence-corrected chi connectivity index (χ4v) is 4.80. The third-order valence-electron chi connectivity index (χ3n) is 7.18. The van der Waals surface area contributed by atoms with Crippen molar-refractivity contribution < 1.29 is 33.6 Å². The molecule has 7 heteroatoms. The van der Waals surface area contributed by atoms with Crippen LogP contribution in [0.15, 0.2) is 72.8 Å². The molecule has 0 saturated heterocycles. The number of hydrogen-bond acceptors (Lipinski definition) is 7. The SMILES string of the molecule is CCCCCCCCCCCC(=O)Oc1ccc(C=CC(O)c2ccc(OC(C)=O)cc2OCc2ccccc2)c(OC)c1. The monoisotopic (exact) mass is 602 g/mol. The molecule has 7 nitrogen and oxygen atoms in total. The second-order valence-electron chi connectivity index (χ2n) is 10.8.